The van der Waals surface area contributed by atoms with Crippen LogP contribution >= 0.6 is 0 Å². The van der Waals surface area contributed by atoms with Gasteiger partial charge in [-0.05, 0) is 55.0 Å². The van der Waals surface area contributed by atoms with Crippen LogP contribution in [0.25, 0.3) is 0 Å². The van der Waals surface area contributed by atoms with Crippen molar-refractivity contribution >= 4 is 11.4 Å². The van der Waals surface area contributed by atoms with Gasteiger partial charge in [-0.1, -0.05) is 0 Å². The molecule has 0 aliphatic carbocycles. The second-order valence-corrected chi connectivity index (χ2v) is 3.92. The fraction of sp³-hybridized carbons (Fsp3) is 0.0714. The van der Waals surface area contributed by atoms with Gasteiger partial charge in [-0.15, -0.1) is 0 Å². The first-order chi connectivity index (χ1) is 8.56. The lowest BCUT2D eigenvalue weighted by atomic mass is 10.1. The highest BCUT2D eigenvalue weighted by Gasteiger charge is 2.03. The largest absolute Gasteiger partial charge is 0.508 e. The first-order valence-corrected chi connectivity index (χ1v) is 5.43. The molecule has 4 nitrogen and oxygen atoms in total. The van der Waals surface area contributed by atoms with E-state index in [2.05, 4.69) is 4.99 Å². The summed E-state index contributed by atoms with van der Waals surface area (Å²) in [4.78, 5) is 4.35. The second-order valence-electron chi connectivity index (χ2n) is 3.92. The van der Waals surface area contributed by atoms with E-state index in [-0.39, 0.29) is 17.2 Å². The molecule has 0 saturated heterocycles. The second kappa shape index (κ2) is 4.79. The summed E-state index contributed by atoms with van der Waals surface area (Å²) in [5, 5.41) is 27.8. The molecule has 0 aliphatic heterocycles. The van der Waals surface area contributed by atoms with Crippen molar-refractivity contribution in [3.63, 3.8) is 0 Å². The molecule has 0 aromatic heterocycles. The molecular weight excluding hydrogens is 230 g/mol. The SMILES string of the molecule is CC(=Nc1ccc(O)cc1)c1ccc(O)c(O)c1. The summed E-state index contributed by atoms with van der Waals surface area (Å²) in [5.74, 6) is -0.141. The van der Waals surface area contributed by atoms with E-state index in [9.17, 15) is 10.2 Å². The Balaban J connectivity index is 2.32. The van der Waals surface area contributed by atoms with E-state index >= 15 is 0 Å². The van der Waals surface area contributed by atoms with Gasteiger partial charge >= 0.3 is 0 Å². The Morgan fingerprint density at radius 3 is 2.17 bits per heavy atom. The minimum Gasteiger partial charge on any atom is -0.508 e. The maximum Gasteiger partial charge on any atom is 0.158 e. The van der Waals surface area contributed by atoms with Crippen LogP contribution in [0, 0.1) is 0 Å². The number of phenols is 3. The molecule has 0 heterocycles. The van der Waals surface area contributed by atoms with Crippen LogP contribution in [0.5, 0.6) is 17.2 Å². The van der Waals surface area contributed by atoms with Crippen LogP contribution in [0.4, 0.5) is 5.69 Å². The van der Waals surface area contributed by atoms with E-state index in [1.807, 2.05) is 0 Å². The van der Waals surface area contributed by atoms with Crippen molar-refractivity contribution < 1.29 is 15.3 Å². The van der Waals surface area contributed by atoms with Crippen LogP contribution in [0.15, 0.2) is 47.5 Å². The fourth-order valence-corrected chi connectivity index (χ4v) is 1.53. The van der Waals surface area contributed by atoms with Crippen LogP contribution in [-0.4, -0.2) is 21.0 Å². The first-order valence-electron chi connectivity index (χ1n) is 5.43. The van der Waals surface area contributed by atoms with Gasteiger partial charge in [0.1, 0.15) is 5.75 Å². The molecule has 0 spiro atoms. The molecule has 2 aromatic carbocycles. The molecule has 4 heteroatoms. The Hall–Kier alpha value is -2.49. The van der Waals surface area contributed by atoms with Gasteiger partial charge in [0.25, 0.3) is 0 Å². The van der Waals surface area contributed by atoms with Crippen molar-refractivity contribution in [3.05, 3.63) is 48.0 Å². The topological polar surface area (TPSA) is 73.1 Å². The molecule has 2 aromatic rings. The van der Waals surface area contributed by atoms with Gasteiger partial charge in [0.05, 0.1) is 5.69 Å². The Kier molecular flexibility index (Phi) is 3.19. The van der Waals surface area contributed by atoms with Gasteiger partial charge in [-0.2, -0.15) is 0 Å². The summed E-state index contributed by atoms with van der Waals surface area (Å²) in [6.07, 6.45) is 0. The molecule has 0 saturated carbocycles. The van der Waals surface area contributed by atoms with Gasteiger partial charge < -0.3 is 15.3 Å². The number of rotatable bonds is 2. The number of hydrogen-bond donors (Lipinski definition) is 3. The lowest BCUT2D eigenvalue weighted by Gasteiger charge is -2.03. The first kappa shape index (κ1) is 12.0. The van der Waals surface area contributed by atoms with Crippen molar-refractivity contribution in [2.45, 2.75) is 6.92 Å². The Bertz CT molecular complexity index is 588. The molecule has 0 atom stereocenters. The highest BCUT2D eigenvalue weighted by Crippen LogP contribution is 2.26. The summed E-state index contributed by atoms with van der Waals surface area (Å²) in [6.45, 7) is 1.80. The fourth-order valence-electron chi connectivity index (χ4n) is 1.53. The van der Waals surface area contributed by atoms with Gasteiger partial charge in [-0.25, -0.2) is 0 Å². The zero-order valence-electron chi connectivity index (χ0n) is 9.83. The smallest absolute Gasteiger partial charge is 0.158 e. The van der Waals surface area contributed by atoms with Gasteiger partial charge in [0, 0.05) is 5.71 Å². The summed E-state index contributed by atoms with van der Waals surface area (Å²) >= 11 is 0. The Morgan fingerprint density at radius 1 is 0.889 bits per heavy atom. The molecule has 0 amide bonds. The number of nitrogens with zero attached hydrogens (tertiary/aromatic N) is 1. The van der Waals surface area contributed by atoms with Crippen LogP contribution in [0.2, 0.25) is 0 Å². The van der Waals surface area contributed by atoms with E-state index < -0.39 is 0 Å². The van der Waals surface area contributed by atoms with Crippen molar-refractivity contribution in [3.8, 4) is 17.2 Å². The van der Waals surface area contributed by atoms with Crippen molar-refractivity contribution in [2.24, 2.45) is 4.99 Å². The zero-order chi connectivity index (χ0) is 13.1. The third-order valence-corrected chi connectivity index (χ3v) is 2.54. The molecule has 3 N–H and O–H groups in total. The van der Waals surface area contributed by atoms with Crippen molar-refractivity contribution in [1.29, 1.82) is 0 Å². The van der Waals surface area contributed by atoms with E-state index in [0.717, 1.165) is 5.56 Å². The number of phenolic OH excluding ortho intramolecular Hbond substituents is 3. The minimum absolute atomic E-state index is 0.156. The van der Waals surface area contributed by atoms with E-state index in [1.165, 1.54) is 12.1 Å². The maximum atomic E-state index is 9.41. The van der Waals surface area contributed by atoms with Crippen LogP contribution < -0.4 is 0 Å². The van der Waals surface area contributed by atoms with E-state index in [1.54, 1.807) is 37.3 Å². The number of aliphatic imine (C=N–C) groups is 1. The molecule has 0 unspecified atom stereocenters. The summed E-state index contributed by atoms with van der Waals surface area (Å²) < 4.78 is 0. The normalized spacial score (nSPS) is 11.5. The van der Waals surface area contributed by atoms with E-state index in [0.29, 0.717) is 11.4 Å². The van der Waals surface area contributed by atoms with Crippen molar-refractivity contribution in [2.75, 3.05) is 0 Å². The lowest BCUT2D eigenvalue weighted by Crippen LogP contribution is -1.93. The Morgan fingerprint density at radius 2 is 1.56 bits per heavy atom. The summed E-state index contributed by atoms with van der Waals surface area (Å²) in [6, 6.07) is 11.0. The quantitative estimate of drug-likeness (QED) is 0.561. The third kappa shape index (κ3) is 2.60. The highest BCUT2D eigenvalue weighted by atomic mass is 16.3. The number of hydrogen-bond acceptors (Lipinski definition) is 4. The molecule has 2 rings (SSSR count). The monoisotopic (exact) mass is 243 g/mol. The standard InChI is InChI=1S/C14H13NO3/c1-9(10-2-7-13(17)14(18)8-10)15-11-3-5-12(16)6-4-11/h2-8,16-18H,1H3. The number of benzene rings is 2. The predicted octanol–water partition coefficient (Wildman–Crippen LogP) is 2.94. The molecule has 0 bridgehead atoms. The van der Waals surface area contributed by atoms with Gasteiger partial charge in [0.2, 0.25) is 0 Å². The van der Waals surface area contributed by atoms with Gasteiger partial charge in [0.15, 0.2) is 11.5 Å². The number of aromatic hydroxyl groups is 3. The maximum absolute atomic E-state index is 9.41. The molecule has 92 valence electrons. The minimum atomic E-state index is -0.173. The predicted molar refractivity (Wildman–Crippen MR) is 69.7 cm³/mol. The van der Waals surface area contributed by atoms with Crippen LogP contribution in [-0.2, 0) is 0 Å². The zero-order valence-corrected chi connectivity index (χ0v) is 9.83. The lowest BCUT2D eigenvalue weighted by molar-refractivity contribution is 0.403. The average molecular weight is 243 g/mol. The van der Waals surface area contributed by atoms with Crippen LogP contribution in [0.3, 0.4) is 0 Å². The third-order valence-electron chi connectivity index (χ3n) is 2.54. The molecule has 18 heavy (non-hydrogen) atoms. The summed E-state index contributed by atoms with van der Waals surface area (Å²) in [5.41, 5.74) is 2.13. The van der Waals surface area contributed by atoms with Crippen LogP contribution in [0.1, 0.15) is 12.5 Å². The molecular formula is C14H13NO3. The molecule has 0 radical (unpaired) electrons. The summed E-state index contributed by atoms with van der Waals surface area (Å²) in [7, 11) is 0. The Labute approximate surface area is 104 Å². The molecule has 0 aliphatic rings. The van der Waals surface area contributed by atoms with Gasteiger partial charge in [-0.3, -0.25) is 4.99 Å². The van der Waals surface area contributed by atoms with Crippen molar-refractivity contribution in [1.82, 2.24) is 0 Å². The van der Waals surface area contributed by atoms with E-state index in [4.69, 9.17) is 5.11 Å². The molecule has 0 fully saturated rings. The highest BCUT2D eigenvalue weighted by molar-refractivity contribution is 6.00. The average Bonchev–Trinajstić information content (AvgIpc) is 2.35.